The molecule has 0 aliphatic carbocycles. The molecule has 0 saturated carbocycles. The molecule has 0 amide bonds. The number of nitrogen functional groups attached to an aromatic ring is 1. The van der Waals surface area contributed by atoms with Crippen LogP contribution in [0.25, 0.3) is 11.1 Å². The average molecular weight is 407 g/mol. The number of benzene rings is 2. The van der Waals surface area contributed by atoms with Gasteiger partial charge in [-0.25, -0.2) is 0 Å². The van der Waals surface area contributed by atoms with Gasteiger partial charge in [-0.15, -0.1) is 0 Å². The number of nitrogens with two attached hydrogens (primary N) is 2. The van der Waals surface area contributed by atoms with Crippen LogP contribution in [0.2, 0.25) is 0 Å². The summed E-state index contributed by atoms with van der Waals surface area (Å²) >= 11 is 0. The summed E-state index contributed by atoms with van der Waals surface area (Å²) in [5.41, 5.74) is 20.2. The van der Waals surface area contributed by atoms with Crippen molar-refractivity contribution in [3.63, 3.8) is 0 Å². The first-order valence-electron chi connectivity index (χ1n) is 11.7. The van der Waals surface area contributed by atoms with Crippen molar-refractivity contribution in [1.29, 1.82) is 0 Å². The summed E-state index contributed by atoms with van der Waals surface area (Å²) in [5, 5.41) is 0. The number of hydrogen-bond acceptors (Lipinski definition) is 2. The SMILES string of the molecule is CCCC(N)(C(C)=C(C)C)C(CCC)(CCC)c1ccc(-c2ccc(N)cc2)cc1. The van der Waals surface area contributed by atoms with Crippen LogP contribution >= 0.6 is 0 Å². The summed E-state index contributed by atoms with van der Waals surface area (Å²) in [6.07, 6.45) is 6.53. The van der Waals surface area contributed by atoms with Crippen molar-refractivity contribution < 1.29 is 0 Å². The minimum atomic E-state index is -0.338. The zero-order valence-electron chi connectivity index (χ0n) is 20.0. The van der Waals surface area contributed by atoms with E-state index in [1.807, 2.05) is 12.1 Å². The minimum absolute atomic E-state index is 0.0620. The van der Waals surface area contributed by atoms with Crippen molar-refractivity contribution >= 4 is 5.69 Å². The Bertz CT molecular complexity index is 820. The Morgan fingerprint density at radius 2 is 1.13 bits per heavy atom. The third-order valence-electron chi connectivity index (χ3n) is 6.95. The molecule has 0 aromatic heterocycles. The molecule has 2 aromatic carbocycles. The Morgan fingerprint density at radius 3 is 1.53 bits per heavy atom. The van der Waals surface area contributed by atoms with Gasteiger partial charge in [0.05, 0.1) is 0 Å². The lowest BCUT2D eigenvalue weighted by Gasteiger charge is -2.51. The highest BCUT2D eigenvalue weighted by Gasteiger charge is 2.49. The van der Waals surface area contributed by atoms with E-state index in [0.29, 0.717) is 0 Å². The van der Waals surface area contributed by atoms with E-state index in [1.54, 1.807) is 0 Å². The molecule has 2 nitrogen and oxygen atoms in total. The van der Waals surface area contributed by atoms with Crippen LogP contribution in [-0.4, -0.2) is 5.54 Å². The van der Waals surface area contributed by atoms with Crippen molar-refractivity contribution in [2.24, 2.45) is 5.73 Å². The standard InChI is InChI=1S/C28H42N2/c1-7-18-27(19-8-2,28(30,20-9-3)22(6)21(4)5)25-14-10-23(11-15-25)24-12-16-26(29)17-13-24/h10-17H,7-9,18-20,29-30H2,1-6H3. The summed E-state index contributed by atoms with van der Waals surface area (Å²) < 4.78 is 0. The monoisotopic (exact) mass is 406 g/mol. The van der Waals surface area contributed by atoms with E-state index in [0.717, 1.165) is 44.2 Å². The maximum absolute atomic E-state index is 7.43. The maximum atomic E-state index is 7.43. The van der Waals surface area contributed by atoms with E-state index in [-0.39, 0.29) is 11.0 Å². The zero-order valence-corrected chi connectivity index (χ0v) is 20.0. The lowest BCUT2D eigenvalue weighted by Crippen LogP contribution is -2.59. The van der Waals surface area contributed by atoms with Gasteiger partial charge >= 0.3 is 0 Å². The Morgan fingerprint density at radius 1 is 0.700 bits per heavy atom. The van der Waals surface area contributed by atoms with Gasteiger partial charge in [0.15, 0.2) is 0 Å². The fourth-order valence-corrected chi connectivity index (χ4v) is 5.25. The van der Waals surface area contributed by atoms with Gasteiger partial charge in [-0.05, 0) is 68.9 Å². The predicted molar refractivity (Wildman–Crippen MR) is 134 cm³/mol. The smallest absolute Gasteiger partial charge is 0.0466 e. The van der Waals surface area contributed by atoms with Gasteiger partial charge in [-0.2, -0.15) is 0 Å². The highest BCUT2D eigenvalue weighted by Crippen LogP contribution is 2.49. The molecule has 164 valence electrons. The first kappa shape index (κ1) is 24.2. The van der Waals surface area contributed by atoms with Gasteiger partial charge in [0.25, 0.3) is 0 Å². The predicted octanol–water partition coefficient (Wildman–Crippen LogP) is 7.63. The molecule has 0 aliphatic heterocycles. The third kappa shape index (κ3) is 4.64. The second kappa shape index (κ2) is 10.3. The van der Waals surface area contributed by atoms with Crippen LogP contribution in [-0.2, 0) is 5.41 Å². The van der Waals surface area contributed by atoms with Crippen LogP contribution in [0.1, 0.15) is 85.6 Å². The van der Waals surface area contributed by atoms with Gasteiger partial charge in [-0.1, -0.05) is 87.6 Å². The van der Waals surface area contributed by atoms with E-state index in [4.69, 9.17) is 11.5 Å². The summed E-state index contributed by atoms with van der Waals surface area (Å²) in [5.74, 6) is 0. The molecular formula is C28H42N2. The third-order valence-corrected chi connectivity index (χ3v) is 6.95. The second-order valence-electron chi connectivity index (χ2n) is 9.13. The van der Waals surface area contributed by atoms with Crippen LogP contribution in [0.4, 0.5) is 5.69 Å². The lowest BCUT2D eigenvalue weighted by molar-refractivity contribution is 0.199. The molecule has 30 heavy (non-hydrogen) atoms. The molecule has 0 spiro atoms. The van der Waals surface area contributed by atoms with E-state index in [2.05, 4.69) is 77.9 Å². The van der Waals surface area contributed by atoms with Crippen LogP contribution in [0.5, 0.6) is 0 Å². The van der Waals surface area contributed by atoms with Crippen LogP contribution in [0.3, 0.4) is 0 Å². The topological polar surface area (TPSA) is 52.0 Å². The number of hydrogen-bond donors (Lipinski definition) is 2. The molecule has 4 N–H and O–H groups in total. The number of anilines is 1. The summed E-state index contributed by atoms with van der Waals surface area (Å²) in [6, 6.07) is 17.3. The Hall–Kier alpha value is -2.06. The van der Waals surface area contributed by atoms with Crippen molar-refractivity contribution in [2.45, 2.75) is 91.0 Å². The molecule has 0 radical (unpaired) electrons. The normalized spacial score (nSPS) is 13.7. The first-order valence-corrected chi connectivity index (χ1v) is 11.7. The van der Waals surface area contributed by atoms with Crippen LogP contribution in [0, 0.1) is 0 Å². The summed E-state index contributed by atoms with van der Waals surface area (Å²) in [4.78, 5) is 0. The van der Waals surface area contributed by atoms with Crippen LogP contribution in [0.15, 0.2) is 59.7 Å². The highest BCUT2D eigenvalue weighted by atomic mass is 14.8. The van der Waals surface area contributed by atoms with E-state index in [9.17, 15) is 0 Å². The van der Waals surface area contributed by atoms with Gasteiger partial charge in [0, 0.05) is 16.6 Å². The van der Waals surface area contributed by atoms with E-state index < -0.39 is 0 Å². The fourth-order valence-electron chi connectivity index (χ4n) is 5.25. The molecule has 0 bridgehead atoms. The molecule has 2 heteroatoms. The van der Waals surface area contributed by atoms with Crippen LogP contribution < -0.4 is 11.5 Å². The van der Waals surface area contributed by atoms with Crippen molar-refractivity contribution in [3.05, 3.63) is 65.2 Å². The first-order chi connectivity index (χ1) is 14.3. The zero-order chi connectivity index (χ0) is 22.4. The summed E-state index contributed by atoms with van der Waals surface area (Å²) in [6.45, 7) is 13.5. The van der Waals surface area contributed by atoms with Gasteiger partial charge < -0.3 is 11.5 Å². The Kier molecular flexibility index (Phi) is 8.32. The molecule has 0 fully saturated rings. The largest absolute Gasteiger partial charge is 0.399 e. The fraction of sp³-hybridized carbons (Fsp3) is 0.500. The van der Waals surface area contributed by atoms with Gasteiger partial charge in [0.2, 0.25) is 0 Å². The molecular weight excluding hydrogens is 364 g/mol. The quantitative estimate of drug-likeness (QED) is 0.315. The minimum Gasteiger partial charge on any atom is -0.399 e. The average Bonchev–Trinajstić information content (AvgIpc) is 2.73. The Labute approximate surface area is 184 Å². The summed E-state index contributed by atoms with van der Waals surface area (Å²) in [7, 11) is 0. The van der Waals surface area contributed by atoms with E-state index in [1.165, 1.54) is 27.8 Å². The highest BCUT2D eigenvalue weighted by molar-refractivity contribution is 5.66. The number of allylic oxidation sites excluding steroid dienone is 1. The molecule has 0 saturated heterocycles. The van der Waals surface area contributed by atoms with Gasteiger partial charge in [0.1, 0.15) is 0 Å². The molecule has 2 rings (SSSR count). The van der Waals surface area contributed by atoms with Gasteiger partial charge in [-0.3, -0.25) is 0 Å². The molecule has 0 aliphatic rings. The molecule has 1 atom stereocenters. The van der Waals surface area contributed by atoms with Crippen molar-refractivity contribution in [3.8, 4) is 11.1 Å². The number of rotatable bonds is 10. The molecule has 2 aromatic rings. The maximum Gasteiger partial charge on any atom is 0.0466 e. The Balaban J connectivity index is 2.65. The van der Waals surface area contributed by atoms with Crippen molar-refractivity contribution in [1.82, 2.24) is 0 Å². The van der Waals surface area contributed by atoms with E-state index >= 15 is 0 Å². The lowest BCUT2D eigenvalue weighted by atomic mass is 9.56. The second-order valence-corrected chi connectivity index (χ2v) is 9.13. The molecule has 0 heterocycles. The van der Waals surface area contributed by atoms with Crippen molar-refractivity contribution in [2.75, 3.05) is 5.73 Å². The molecule has 1 unspecified atom stereocenters.